The van der Waals surface area contributed by atoms with Crippen molar-refractivity contribution in [2.75, 3.05) is 30.0 Å². The van der Waals surface area contributed by atoms with Gasteiger partial charge in [-0.1, -0.05) is 19.8 Å². The maximum absolute atomic E-state index is 11.9. The third kappa shape index (κ3) is 4.89. The third-order valence-corrected chi connectivity index (χ3v) is 5.79. The molecule has 1 aromatic heterocycles. The summed E-state index contributed by atoms with van der Waals surface area (Å²) in [5, 5.41) is 2.84. The number of aromatic nitrogens is 2. The Bertz CT molecular complexity index is 631. The van der Waals surface area contributed by atoms with Gasteiger partial charge in [0.2, 0.25) is 5.95 Å². The molecule has 1 fully saturated rings. The van der Waals surface area contributed by atoms with E-state index < -0.39 is 9.84 Å². The van der Waals surface area contributed by atoms with Crippen molar-refractivity contribution in [2.24, 2.45) is 0 Å². The zero-order chi connectivity index (χ0) is 16.9. The predicted molar refractivity (Wildman–Crippen MR) is 89.4 cm³/mol. The molecule has 1 amide bonds. The van der Waals surface area contributed by atoms with Crippen LogP contribution in [0.4, 0.5) is 5.95 Å². The summed E-state index contributed by atoms with van der Waals surface area (Å²) in [6, 6.07) is -0.103. The van der Waals surface area contributed by atoms with Crippen molar-refractivity contribution in [1.82, 2.24) is 15.3 Å². The number of hydrogen-bond acceptors (Lipinski definition) is 6. The molecule has 2 rings (SSSR count). The standard InChI is InChI=1S/C15H24N4O3S/c1-3-4-5-7-16-14(20)12-9-17-15(18-10-12)19(2)13-6-8-23(21,22)11-13/h9-10,13H,3-8,11H2,1-2H3,(H,16,20). The second-order valence-corrected chi connectivity index (χ2v) is 8.13. The van der Waals surface area contributed by atoms with Crippen molar-refractivity contribution < 1.29 is 13.2 Å². The summed E-state index contributed by atoms with van der Waals surface area (Å²) in [7, 11) is -1.16. The molecular weight excluding hydrogens is 316 g/mol. The largest absolute Gasteiger partial charge is 0.352 e. The zero-order valence-electron chi connectivity index (χ0n) is 13.7. The van der Waals surface area contributed by atoms with Crippen LogP contribution in [0.3, 0.4) is 0 Å². The van der Waals surface area contributed by atoms with Crippen molar-refractivity contribution >= 4 is 21.7 Å². The van der Waals surface area contributed by atoms with Gasteiger partial charge >= 0.3 is 0 Å². The van der Waals surface area contributed by atoms with Crippen LogP contribution in [0, 0.1) is 0 Å². The first-order valence-electron chi connectivity index (χ1n) is 7.96. The highest BCUT2D eigenvalue weighted by Gasteiger charge is 2.31. The molecule has 7 nitrogen and oxygen atoms in total. The van der Waals surface area contributed by atoms with Crippen LogP contribution in [-0.2, 0) is 9.84 Å². The fourth-order valence-electron chi connectivity index (χ4n) is 2.54. The van der Waals surface area contributed by atoms with Crippen LogP contribution in [-0.4, -0.2) is 55.4 Å². The van der Waals surface area contributed by atoms with E-state index in [-0.39, 0.29) is 23.5 Å². The molecule has 1 unspecified atom stereocenters. The Morgan fingerprint density at radius 3 is 2.61 bits per heavy atom. The summed E-state index contributed by atoms with van der Waals surface area (Å²) in [6.45, 7) is 2.76. The van der Waals surface area contributed by atoms with Crippen molar-refractivity contribution in [2.45, 2.75) is 38.6 Å². The summed E-state index contributed by atoms with van der Waals surface area (Å²) in [6.07, 6.45) is 6.71. The Hall–Kier alpha value is -1.70. The number of nitrogens with zero attached hydrogens (tertiary/aromatic N) is 3. The number of amides is 1. The predicted octanol–water partition coefficient (Wildman–Crippen LogP) is 1.02. The van der Waals surface area contributed by atoms with E-state index in [1.54, 1.807) is 11.9 Å². The van der Waals surface area contributed by atoms with Gasteiger partial charge in [-0.05, 0) is 12.8 Å². The summed E-state index contributed by atoms with van der Waals surface area (Å²) >= 11 is 0. The molecule has 1 atom stereocenters. The quantitative estimate of drug-likeness (QED) is 0.745. The first kappa shape index (κ1) is 17.7. The lowest BCUT2D eigenvalue weighted by molar-refractivity contribution is 0.0952. The molecule has 0 aliphatic carbocycles. The SMILES string of the molecule is CCCCCNC(=O)c1cnc(N(C)C2CCS(=O)(=O)C2)nc1. The molecule has 0 saturated carbocycles. The van der Waals surface area contributed by atoms with E-state index in [9.17, 15) is 13.2 Å². The molecule has 23 heavy (non-hydrogen) atoms. The topological polar surface area (TPSA) is 92.3 Å². The smallest absolute Gasteiger partial charge is 0.254 e. The third-order valence-electron chi connectivity index (χ3n) is 4.04. The second kappa shape index (κ2) is 7.72. The molecule has 1 saturated heterocycles. The zero-order valence-corrected chi connectivity index (χ0v) is 14.5. The summed E-state index contributed by atoms with van der Waals surface area (Å²) in [5.74, 6) is 0.598. The van der Waals surface area contributed by atoms with Crippen LogP contribution >= 0.6 is 0 Å². The molecule has 1 aromatic rings. The van der Waals surface area contributed by atoms with E-state index in [4.69, 9.17) is 0 Å². The van der Waals surface area contributed by atoms with Gasteiger partial charge in [0, 0.05) is 32.0 Å². The van der Waals surface area contributed by atoms with E-state index in [0.29, 0.717) is 24.5 Å². The van der Waals surface area contributed by atoms with Gasteiger partial charge < -0.3 is 10.2 Å². The van der Waals surface area contributed by atoms with E-state index in [2.05, 4.69) is 22.2 Å². The molecule has 0 radical (unpaired) electrons. The normalized spacial score (nSPS) is 19.5. The van der Waals surface area contributed by atoms with E-state index in [1.165, 1.54) is 12.4 Å². The van der Waals surface area contributed by atoms with Gasteiger partial charge in [0.05, 0.1) is 17.1 Å². The molecule has 1 N–H and O–H groups in total. The molecule has 0 aromatic carbocycles. The number of hydrogen-bond donors (Lipinski definition) is 1. The molecule has 1 aliphatic rings. The molecule has 2 heterocycles. The minimum Gasteiger partial charge on any atom is -0.352 e. The van der Waals surface area contributed by atoms with Crippen LogP contribution in [0.25, 0.3) is 0 Å². The monoisotopic (exact) mass is 340 g/mol. The fraction of sp³-hybridized carbons (Fsp3) is 0.667. The molecule has 8 heteroatoms. The van der Waals surface area contributed by atoms with Crippen LogP contribution in [0.15, 0.2) is 12.4 Å². The maximum Gasteiger partial charge on any atom is 0.254 e. The van der Waals surface area contributed by atoms with Crippen molar-refractivity contribution in [3.8, 4) is 0 Å². The highest BCUT2D eigenvalue weighted by atomic mass is 32.2. The van der Waals surface area contributed by atoms with Gasteiger partial charge in [0.15, 0.2) is 9.84 Å². The van der Waals surface area contributed by atoms with Crippen LogP contribution in [0.2, 0.25) is 0 Å². The van der Waals surface area contributed by atoms with Crippen LogP contribution < -0.4 is 10.2 Å². The first-order chi connectivity index (χ1) is 10.9. The highest BCUT2D eigenvalue weighted by molar-refractivity contribution is 7.91. The lowest BCUT2D eigenvalue weighted by Gasteiger charge is -2.23. The number of nitrogens with one attached hydrogen (secondary N) is 1. The minimum absolute atomic E-state index is 0.103. The summed E-state index contributed by atoms with van der Waals surface area (Å²) in [5.41, 5.74) is 0.415. The Balaban J connectivity index is 1.92. The Kier molecular flexibility index (Phi) is 5.92. The Labute approximate surface area is 137 Å². The summed E-state index contributed by atoms with van der Waals surface area (Å²) < 4.78 is 23.1. The first-order valence-corrected chi connectivity index (χ1v) is 9.78. The molecule has 0 bridgehead atoms. The minimum atomic E-state index is -2.95. The van der Waals surface area contributed by atoms with Gasteiger partial charge in [0.25, 0.3) is 5.91 Å². The Morgan fingerprint density at radius 1 is 1.35 bits per heavy atom. The number of unbranched alkanes of at least 4 members (excludes halogenated alkanes) is 2. The number of carbonyl (C=O) groups is 1. The molecule has 0 spiro atoms. The van der Waals surface area contributed by atoms with Gasteiger partial charge in [-0.3, -0.25) is 4.79 Å². The lowest BCUT2D eigenvalue weighted by Crippen LogP contribution is -2.34. The average Bonchev–Trinajstić information content (AvgIpc) is 2.91. The average molecular weight is 340 g/mol. The second-order valence-electron chi connectivity index (χ2n) is 5.90. The van der Waals surface area contributed by atoms with Crippen LogP contribution in [0.1, 0.15) is 43.0 Å². The van der Waals surface area contributed by atoms with Gasteiger partial charge in [-0.2, -0.15) is 0 Å². The maximum atomic E-state index is 11.9. The lowest BCUT2D eigenvalue weighted by atomic mass is 10.2. The van der Waals surface area contributed by atoms with Gasteiger partial charge in [-0.15, -0.1) is 0 Å². The summed E-state index contributed by atoms with van der Waals surface area (Å²) in [4.78, 5) is 22.1. The number of carbonyl (C=O) groups excluding carboxylic acids is 1. The van der Waals surface area contributed by atoms with Crippen LogP contribution in [0.5, 0.6) is 0 Å². The number of rotatable bonds is 7. The van der Waals surface area contributed by atoms with Crippen molar-refractivity contribution in [1.29, 1.82) is 0 Å². The van der Waals surface area contributed by atoms with E-state index in [0.717, 1.165) is 19.3 Å². The van der Waals surface area contributed by atoms with Crippen molar-refractivity contribution in [3.63, 3.8) is 0 Å². The number of sulfone groups is 1. The molecular formula is C15H24N4O3S. The highest BCUT2D eigenvalue weighted by Crippen LogP contribution is 2.19. The fourth-order valence-corrected chi connectivity index (χ4v) is 4.32. The van der Waals surface area contributed by atoms with Crippen molar-refractivity contribution in [3.05, 3.63) is 18.0 Å². The number of anilines is 1. The Morgan fingerprint density at radius 2 is 2.04 bits per heavy atom. The van der Waals surface area contributed by atoms with E-state index >= 15 is 0 Å². The van der Waals surface area contributed by atoms with E-state index in [1.807, 2.05) is 0 Å². The van der Waals surface area contributed by atoms with Gasteiger partial charge in [0.1, 0.15) is 0 Å². The van der Waals surface area contributed by atoms with Gasteiger partial charge in [-0.25, -0.2) is 18.4 Å². The molecule has 1 aliphatic heterocycles. The molecule has 128 valence electrons.